The molecular weight excluding hydrogens is 484 g/mol. The highest BCUT2D eigenvalue weighted by Crippen LogP contribution is 2.34. The average molecular weight is 527 g/mol. The van der Waals surface area contributed by atoms with E-state index in [1.54, 1.807) is 6.92 Å². The Kier molecular flexibility index (Phi) is 10.8. The van der Waals surface area contributed by atoms with Crippen molar-refractivity contribution >= 4 is 0 Å². The SMILES string of the molecule is C[C@H]1[C@H](O[C@@H]2O[C@H](CO)[C@@H](O[C@H]3O[C@@H](CN)[C@@H](O)[C@H](O)[C@H]3N)[C@H]2O)[C@@H](O)[C@H](NCC(O)CO)C[C@@H]1N. The summed E-state index contributed by atoms with van der Waals surface area (Å²) >= 11 is 0. The summed E-state index contributed by atoms with van der Waals surface area (Å²) in [4.78, 5) is 0. The molecule has 15 heteroatoms. The highest BCUT2D eigenvalue weighted by atomic mass is 16.7. The molecule has 15 atom stereocenters. The minimum absolute atomic E-state index is 0.0308. The van der Waals surface area contributed by atoms with Crippen LogP contribution in [0, 0.1) is 5.92 Å². The van der Waals surface area contributed by atoms with Crippen molar-refractivity contribution in [1.29, 1.82) is 0 Å². The summed E-state index contributed by atoms with van der Waals surface area (Å²) in [6.07, 6.45) is -12.6. The van der Waals surface area contributed by atoms with Crippen molar-refractivity contribution in [3.05, 3.63) is 0 Å². The molecule has 0 aromatic rings. The molecule has 2 heterocycles. The van der Waals surface area contributed by atoms with Gasteiger partial charge in [0.1, 0.15) is 36.6 Å². The van der Waals surface area contributed by atoms with Gasteiger partial charge in [0.15, 0.2) is 12.6 Å². The molecule has 14 N–H and O–H groups in total. The van der Waals surface area contributed by atoms with Gasteiger partial charge in [0, 0.05) is 31.1 Å². The molecule has 0 aromatic carbocycles. The molecule has 0 amide bonds. The topological polar surface area (TPSA) is 269 Å². The molecule has 0 bridgehead atoms. The molecule has 2 saturated heterocycles. The van der Waals surface area contributed by atoms with Crippen molar-refractivity contribution < 1.29 is 54.7 Å². The first-order valence-electron chi connectivity index (χ1n) is 12.2. The van der Waals surface area contributed by atoms with Gasteiger partial charge in [0.2, 0.25) is 0 Å². The zero-order valence-corrected chi connectivity index (χ0v) is 20.2. The molecule has 36 heavy (non-hydrogen) atoms. The van der Waals surface area contributed by atoms with E-state index < -0.39 is 98.9 Å². The smallest absolute Gasteiger partial charge is 0.187 e. The van der Waals surface area contributed by atoms with E-state index in [0.29, 0.717) is 6.42 Å². The van der Waals surface area contributed by atoms with E-state index >= 15 is 0 Å². The van der Waals surface area contributed by atoms with E-state index in [1.165, 1.54) is 0 Å². The molecule has 3 rings (SSSR count). The number of nitrogens with two attached hydrogens (primary N) is 3. The molecule has 0 radical (unpaired) electrons. The van der Waals surface area contributed by atoms with E-state index in [4.69, 9.17) is 41.3 Å². The van der Waals surface area contributed by atoms with E-state index in [-0.39, 0.29) is 19.0 Å². The number of rotatable bonds is 10. The quantitative estimate of drug-likeness (QED) is 0.126. The fourth-order valence-corrected chi connectivity index (χ4v) is 4.90. The Balaban J connectivity index is 1.68. The van der Waals surface area contributed by atoms with Crippen LogP contribution < -0.4 is 22.5 Å². The first-order valence-corrected chi connectivity index (χ1v) is 12.2. The summed E-state index contributed by atoms with van der Waals surface area (Å²) in [6.45, 7) is 0.695. The molecular formula is C21H42N4O11. The maximum absolute atomic E-state index is 10.9. The summed E-state index contributed by atoms with van der Waals surface area (Å²) in [5, 5.41) is 73.6. The van der Waals surface area contributed by atoms with Gasteiger partial charge in [-0.3, -0.25) is 0 Å². The van der Waals surface area contributed by atoms with Gasteiger partial charge in [-0.1, -0.05) is 6.92 Å². The van der Waals surface area contributed by atoms with Crippen LogP contribution >= 0.6 is 0 Å². The summed E-state index contributed by atoms with van der Waals surface area (Å²) in [5.41, 5.74) is 17.8. The molecule has 15 nitrogen and oxygen atoms in total. The fourth-order valence-electron chi connectivity index (χ4n) is 4.90. The molecule has 1 unspecified atom stereocenters. The largest absolute Gasteiger partial charge is 0.394 e. The minimum atomic E-state index is -1.45. The highest BCUT2D eigenvalue weighted by molar-refractivity contribution is 4.99. The first kappa shape index (κ1) is 29.9. The van der Waals surface area contributed by atoms with Gasteiger partial charge in [-0.05, 0) is 6.42 Å². The van der Waals surface area contributed by atoms with Crippen LogP contribution in [0.3, 0.4) is 0 Å². The Labute approximate surface area is 209 Å². The van der Waals surface area contributed by atoms with Crippen molar-refractivity contribution in [2.45, 2.75) is 99.0 Å². The van der Waals surface area contributed by atoms with E-state index in [0.717, 1.165) is 0 Å². The Morgan fingerprint density at radius 3 is 2.17 bits per heavy atom. The second-order valence-electron chi connectivity index (χ2n) is 9.86. The predicted octanol–water partition coefficient (Wildman–Crippen LogP) is -6.39. The molecule has 1 aliphatic carbocycles. The van der Waals surface area contributed by atoms with Gasteiger partial charge < -0.3 is 77.2 Å². The summed E-state index contributed by atoms with van der Waals surface area (Å²) in [6, 6.07) is -2.12. The molecule has 3 fully saturated rings. The standard InChI is InChI=1S/C21H42N4O11/c1-7-9(23)2-10(25-4-8(28)5-26)14(29)18(7)35-21-17(32)19(12(6-27)34-21)36-20-13(24)16(31)15(30)11(3-22)33-20/h7-21,25-32H,2-6,22-24H2,1H3/t7-,8?,9+,10-,11+,12-,13-,14+,15-,16-,17-,18+,19-,20-,21+/m1/s1. The van der Waals surface area contributed by atoms with Gasteiger partial charge in [0.25, 0.3) is 0 Å². The third kappa shape index (κ3) is 6.33. The minimum Gasteiger partial charge on any atom is -0.394 e. The van der Waals surface area contributed by atoms with Crippen LogP contribution in [0.25, 0.3) is 0 Å². The lowest BCUT2D eigenvalue weighted by molar-refractivity contribution is -0.280. The molecule has 2 aliphatic heterocycles. The van der Waals surface area contributed by atoms with Gasteiger partial charge in [-0.15, -0.1) is 0 Å². The molecule has 212 valence electrons. The molecule has 0 aromatic heterocycles. The summed E-state index contributed by atoms with van der Waals surface area (Å²) in [5.74, 6) is -0.346. The predicted molar refractivity (Wildman–Crippen MR) is 122 cm³/mol. The van der Waals surface area contributed by atoms with Crippen molar-refractivity contribution in [3.8, 4) is 0 Å². The van der Waals surface area contributed by atoms with Crippen molar-refractivity contribution in [2.24, 2.45) is 23.1 Å². The van der Waals surface area contributed by atoms with Crippen LogP contribution in [0.15, 0.2) is 0 Å². The number of aliphatic hydroxyl groups excluding tert-OH is 7. The number of aliphatic hydroxyl groups is 7. The summed E-state index contributed by atoms with van der Waals surface area (Å²) in [7, 11) is 0. The Morgan fingerprint density at radius 1 is 0.917 bits per heavy atom. The third-order valence-corrected chi connectivity index (χ3v) is 7.33. The van der Waals surface area contributed by atoms with Crippen LogP contribution in [0.4, 0.5) is 0 Å². The van der Waals surface area contributed by atoms with Crippen molar-refractivity contribution in [1.82, 2.24) is 5.32 Å². The van der Waals surface area contributed by atoms with Crippen LogP contribution in [0.2, 0.25) is 0 Å². The highest BCUT2D eigenvalue weighted by Gasteiger charge is 2.52. The summed E-state index contributed by atoms with van der Waals surface area (Å²) < 4.78 is 23.0. The van der Waals surface area contributed by atoms with Gasteiger partial charge in [0.05, 0.1) is 37.6 Å². The lowest BCUT2D eigenvalue weighted by Gasteiger charge is -2.44. The first-order chi connectivity index (χ1) is 17.0. The third-order valence-electron chi connectivity index (χ3n) is 7.33. The lowest BCUT2D eigenvalue weighted by Crippen LogP contribution is -2.64. The van der Waals surface area contributed by atoms with Crippen LogP contribution in [-0.2, 0) is 18.9 Å². The van der Waals surface area contributed by atoms with E-state index in [1.807, 2.05) is 0 Å². The number of nitrogens with one attached hydrogen (secondary N) is 1. The Morgan fingerprint density at radius 2 is 1.56 bits per heavy atom. The number of ether oxygens (including phenoxy) is 4. The Bertz CT molecular complexity index is 682. The lowest BCUT2D eigenvalue weighted by atomic mass is 9.78. The van der Waals surface area contributed by atoms with Crippen LogP contribution in [0.5, 0.6) is 0 Å². The zero-order valence-electron chi connectivity index (χ0n) is 20.2. The fraction of sp³-hybridized carbons (Fsp3) is 1.00. The van der Waals surface area contributed by atoms with Gasteiger partial charge >= 0.3 is 0 Å². The van der Waals surface area contributed by atoms with Crippen LogP contribution in [-0.4, -0.2) is 148 Å². The van der Waals surface area contributed by atoms with E-state index in [2.05, 4.69) is 5.32 Å². The molecule has 0 spiro atoms. The second kappa shape index (κ2) is 13.0. The molecule has 1 saturated carbocycles. The van der Waals surface area contributed by atoms with E-state index in [9.17, 15) is 30.6 Å². The monoisotopic (exact) mass is 526 g/mol. The maximum atomic E-state index is 10.9. The molecule has 3 aliphatic rings. The van der Waals surface area contributed by atoms with Gasteiger partial charge in [-0.2, -0.15) is 0 Å². The second-order valence-corrected chi connectivity index (χ2v) is 9.86. The maximum Gasteiger partial charge on any atom is 0.187 e. The number of hydrogen-bond donors (Lipinski definition) is 11. The average Bonchev–Trinajstić information content (AvgIpc) is 3.17. The van der Waals surface area contributed by atoms with Crippen LogP contribution in [0.1, 0.15) is 13.3 Å². The Hall–Kier alpha value is -0.600. The zero-order chi connectivity index (χ0) is 26.7. The van der Waals surface area contributed by atoms with Crippen molar-refractivity contribution in [3.63, 3.8) is 0 Å². The normalized spacial score (nSPS) is 48.8. The van der Waals surface area contributed by atoms with Gasteiger partial charge in [-0.25, -0.2) is 0 Å². The number of hydrogen-bond acceptors (Lipinski definition) is 15. The van der Waals surface area contributed by atoms with Crippen molar-refractivity contribution in [2.75, 3.05) is 26.3 Å².